The van der Waals surface area contributed by atoms with Gasteiger partial charge in [0.25, 0.3) is 0 Å². The number of aliphatic hydroxyl groups excluding tert-OH is 2. The third-order valence-corrected chi connectivity index (χ3v) is 28.1. The Morgan fingerprint density at radius 2 is 1.63 bits per heavy atom. The summed E-state index contributed by atoms with van der Waals surface area (Å²) in [5.74, 6) is 5.80. The fourth-order valence-electron chi connectivity index (χ4n) is 19.0. The van der Waals surface area contributed by atoms with Crippen LogP contribution in [0.25, 0.3) is 28.0 Å². The van der Waals surface area contributed by atoms with Crippen molar-refractivity contribution in [1.29, 1.82) is 0 Å². The molecule has 1 spiro atoms. The van der Waals surface area contributed by atoms with Crippen LogP contribution in [0.2, 0.25) is 0 Å². The number of ether oxygens (including phenoxy) is 4. The topological polar surface area (TPSA) is 184 Å². The highest BCUT2D eigenvalue weighted by molar-refractivity contribution is 8.77. The van der Waals surface area contributed by atoms with E-state index in [9.17, 15) is 30.3 Å². The van der Waals surface area contributed by atoms with E-state index in [2.05, 4.69) is 114 Å². The first-order valence-corrected chi connectivity index (χ1v) is 38.3. The summed E-state index contributed by atoms with van der Waals surface area (Å²) < 4.78 is 27.0. The normalized spacial score (nSPS) is 32.8. The highest BCUT2D eigenvalue weighted by atomic mass is 33.1. The first-order chi connectivity index (χ1) is 46.2. The number of nitrogens with one attached hydrogen (secondary N) is 1. The van der Waals surface area contributed by atoms with Crippen LogP contribution in [0.4, 0.5) is 0 Å². The lowest BCUT2D eigenvalue weighted by atomic mass is 9.40. The predicted octanol–water partition coefficient (Wildman–Crippen LogP) is 14.3. The van der Waals surface area contributed by atoms with E-state index < -0.39 is 82.0 Å². The van der Waals surface area contributed by atoms with Gasteiger partial charge in [0, 0.05) is 72.3 Å². The third kappa shape index (κ3) is 11.2. The van der Waals surface area contributed by atoms with E-state index in [1.807, 2.05) is 70.1 Å². The molecule has 3 aliphatic heterocycles. The summed E-state index contributed by atoms with van der Waals surface area (Å²) in [4.78, 5) is 31.8. The maximum atomic E-state index is 17.6. The largest absolute Gasteiger partial charge is 0.508 e. The molecule has 0 saturated heterocycles. The van der Waals surface area contributed by atoms with Crippen molar-refractivity contribution in [3.63, 3.8) is 0 Å². The number of aliphatic hydroxyl groups is 2. The molecule has 0 unspecified atom stereocenters. The molecule has 9 aliphatic rings. The number of phenols is 3. The molecule has 16 rings (SSSR count). The number of phenolic OH excluding ortho intramolecular Hbond substituents is 3. The molecule has 0 aromatic heterocycles. The number of esters is 2. The number of carbonyl (C=O) groups is 2. The summed E-state index contributed by atoms with van der Waals surface area (Å²) in [6.07, 6.45) is 9.17. The van der Waals surface area contributed by atoms with Gasteiger partial charge in [-0.2, -0.15) is 0 Å². The molecule has 0 radical (unpaired) electrons. The van der Waals surface area contributed by atoms with Crippen LogP contribution >= 0.6 is 43.2 Å². The second kappa shape index (κ2) is 25.5. The number of rotatable bonds is 4. The van der Waals surface area contributed by atoms with Crippen molar-refractivity contribution in [1.82, 2.24) is 5.32 Å². The molecule has 488 valence electrons. The average molecular weight is 1340 g/mol. The number of fused-ring (bicyclic) bond motifs is 11. The molecule has 7 aromatic carbocycles. The summed E-state index contributed by atoms with van der Waals surface area (Å²) in [7, 11) is 8.18. The van der Waals surface area contributed by atoms with Crippen molar-refractivity contribution < 1.29 is 54.1 Å². The maximum absolute atomic E-state index is 17.6. The number of carbonyl (C=O) groups excluding carboxylic acids is 2. The Bertz CT molecular complexity index is 4300. The van der Waals surface area contributed by atoms with Gasteiger partial charge in [0.1, 0.15) is 35.4 Å². The van der Waals surface area contributed by atoms with E-state index in [0.717, 1.165) is 73.0 Å². The van der Waals surface area contributed by atoms with Crippen molar-refractivity contribution in [3.05, 3.63) is 202 Å². The number of allylic oxidation sites excluding steroid dienone is 2. The van der Waals surface area contributed by atoms with Crippen molar-refractivity contribution in [3.8, 4) is 51.7 Å². The molecule has 17 atom stereocenters. The van der Waals surface area contributed by atoms with Gasteiger partial charge in [-0.05, 0) is 195 Å². The number of hydrogen-bond acceptors (Lipinski definition) is 16. The van der Waals surface area contributed by atoms with Crippen molar-refractivity contribution in [2.45, 2.75) is 110 Å². The molecule has 7 aromatic rings. The van der Waals surface area contributed by atoms with E-state index in [4.69, 9.17) is 18.9 Å². The molecule has 16 heteroatoms. The van der Waals surface area contributed by atoms with Crippen molar-refractivity contribution in [2.75, 3.05) is 26.0 Å². The zero-order valence-electron chi connectivity index (χ0n) is 53.0. The summed E-state index contributed by atoms with van der Waals surface area (Å²) in [5, 5.41) is 66.1. The second-order valence-electron chi connectivity index (χ2n) is 27.9. The predicted molar refractivity (Wildman–Crippen MR) is 377 cm³/mol. The van der Waals surface area contributed by atoms with E-state index in [1.54, 1.807) is 22.9 Å². The minimum absolute atomic E-state index is 0.0105. The first kappa shape index (κ1) is 62.8. The minimum atomic E-state index is -1.39. The van der Waals surface area contributed by atoms with Gasteiger partial charge in [-0.25, -0.2) is 0 Å². The maximum Gasteiger partial charge on any atom is 0.317 e. The van der Waals surface area contributed by atoms with Gasteiger partial charge in [0.2, 0.25) is 0 Å². The Hall–Kier alpha value is -6.94. The van der Waals surface area contributed by atoms with Gasteiger partial charge in [0.05, 0.1) is 13.2 Å². The van der Waals surface area contributed by atoms with Crippen LogP contribution in [0.15, 0.2) is 152 Å². The third-order valence-electron chi connectivity index (χ3n) is 22.9. The smallest absolute Gasteiger partial charge is 0.317 e. The van der Waals surface area contributed by atoms with Gasteiger partial charge >= 0.3 is 11.9 Å². The zero-order valence-corrected chi connectivity index (χ0v) is 56.2. The van der Waals surface area contributed by atoms with E-state index in [1.165, 1.54) is 36.0 Å². The summed E-state index contributed by atoms with van der Waals surface area (Å²) >= 11 is 0. The molecule has 3 fully saturated rings. The molecule has 12 nitrogen and oxygen atoms in total. The molecule has 3 heterocycles. The quantitative estimate of drug-likeness (QED) is 0.0423. The summed E-state index contributed by atoms with van der Waals surface area (Å²) in [6, 6.07) is 44.6. The summed E-state index contributed by atoms with van der Waals surface area (Å²) in [6.45, 7) is 2.56. The second-order valence-corrected chi connectivity index (χ2v) is 33.1. The molecular formula is C79H77NO11S4. The fraction of sp³-hybridized carbons (Fsp3) is 0.392. The molecule has 6 N–H and O–H groups in total. The Labute approximate surface area is 570 Å². The van der Waals surface area contributed by atoms with Gasteiger partial charge in [-0.15, -0.1) is 0 Å². The lowest BCUT2D eigenvalue weighted by Crippen LogP contribution is -2.62. The SMILES string of the molecule is COc1cc2c(cc1O)[C@@H]1C[C@@H](O)[C@@H]3Cc4cc(O)c5cc4[C@@H]4C[C@@H](C[C@@H](OC(C)=O)[C@@H](C2)[C@@]1(/C=C/c1ccccc1)[C@H]34)OC(=O)[C@]12C[C@H](CSS[C@H](O)CO5)[C@H]3[C@@H]4C#C[C@@H](CNCc5cccc(c5)-c5cc(O)cc6ccc1cc56)Cc1ccccc1CSS[C@H]3C=C[C@@H]42. The highest BCUT2D eigenvalue weighted by Crippen LogP contribution is 2.70. The van der Waals surface area contributed by atoms with Gasteiger partial charge in [0.15, 0.2) is 23.0 Å². The number of benzene rings is 7. The van der Waals surface area contributed by atoms with E-state index >= 15 is 4.79 Å². The van der Waals surface area contributed by atoms with Gasteiger partial charge in [-0.1, -0.05) is 164 Å². The number of aromatic hydroxyl groups is 3. The van der Waals surface area contributed by atoms with Crippen LogP contribution in [0.3, 0.4) is 0 Å². The van der Waals surface area contributed by atoms with Crippen molar-refractivity contribution in [2.24, 2.45) is 52.8 Å². The molecule has 0 amide bonds. The molecular weight excluding hydrogens is 1270 g/mol. The van der Waals surface area contributed by atoms with Crippen LogP contribution in [-0.2, 0) is 56.0 Å². The Balaban J connectivity index is 0.936. The van der Waals surface area contributed by atoms with E-state index in [0.29, 0.717) is 50.3 Å². The minimum Gasteiger partial charge on any atom is -0.508 e. The van der Waals surface area contributed by atoms with Crippen molar-refractivity contribution >= 4 is 72.0 Å². The van der Waals surface area contributed by atoms with Crippen LogP contribution < -0.4 is 14.8 Å². The molecule has 6 aliphatic carbocycles. The first-order valence-electron chi connectivity index (χ1n) is 33.5. The number of hydrogen-bond donors (Lipinski definition) is 6. The van der Waals surface area contributed by atoms with Crippen LogP contribution in [0.1, 0.15) is 94.5 Å². The highest BCUT2D eigenvalue weighted by Gasteiger charge is 2.67. The molecule has 15 bridgehead atoms. The Kier molecular flexibility index (Phi) is 16.9. The monoisotopic (exact) mass is 1340 g/mol. The fourth-order valence-corrected chi connectivity index (χ4v) is 24.2. The lowest BCUT2D eigenvalue weighted by Gasteiger charge is -2.64. The number of methoxy groups -OCH3 is 1. The average Bonchev–Trinajstić information content (AvgIpc) is 0.712. The Morgan fingerprint density at radius 3 is 2.48 bits per heavy atom. The van der Waals surface area contributed by atoms with Crippen LogP contribution in [0, 0.1) is 64.6 Å². The van der Waals surface area contributed by atoms with Gasteiger partial charge < -0.3 is 49.8 Å². The van der Waals surface area contributed by atoms with E-state index in [-0.39, 0.29) is 71.4 Å². The molecule has 95 heavy (non-hydrogen) atoms. The molecule has 3 saturated carbocycles. The Morgan fingerprint density at radius 1 is 0.789 bits per heavy atom. The van der Waals surface area contributed by atoms with Crippen LogP contribution in [0.5, 0.6) is 28.7 Å². The zero-order chi connectivity index (χ0) is 64.9. The summed E-state index contributed by atoms with van der Waals surface area (Å²) in [5.41, 5.74) is 7.42. The van der Waals surface area contributed by atoms with Crippen LogP contribution in [-0.4, -0.2) is 92.5 Å². The lowest BCUT2D eigenvalue weighted by molar-refractivity contribution is -0.180. The standard InChI is InChI=1S/C79H77NO11S4/c1-43(81)90-70-33-56-32-62-60-35-72(68(84)28-51(60)26-63-67(83)36-65-61-34-69(85)71(88-2)29-52(61)27-66(70)78(65,76(62)63)22-21-44-9-4-3-5-10-44)89-40-74(86)95-93-42-53-37-79(77(87)91-56)54-17-16-49-25-55(82)31-59(58(49)30-54)48-14-8-11-45(24-48)38-80-39-46-15-18-57-64(79)19-20-73(75(53)57)94-92-41-50-13-7-6-12-47(50)23-46/h3-14,16-17,19-22,24-25,28-31,34-35,46,53,56-57,62-67,70,73-76,80,82-86H,23,26-27,32-33,36-42H2,1-2H3/b22-21+/t46-,53-,56+,57-,62+,63+,64+,65+,66-,67-,70-,73+,74+,75+,76+,78+,79-/m1/s1. The van der Waals surface area contributed by atoms with Gasteiger partial charge in [-0.3, -0.25) is 9.59 Å².